The minimum absolute atomic E-state index is 0.0914. The molecule has 23 heavy (non-hydrogen) atoms. The number of nitrogens with zero attached hydrogens (tertiary/aromatic N) is 1. The highest BCUT2D eigenvalue weighted by Crippen LogP contribution is 2.24. The van der Waals surface area contributed by atoms with Crippen LogP contribution in [0.25, 0.3) is 0 Å². The van der Waals surface area contributed by atoms with Crippen molar-refractivity contribution in [2.75, 3.05) is 6.54 Å². The van der Waals surface area contributed by atoms with Gasteiger partial charge in [0.1, 0.15) is 5.76 Å². The molecule has 1 aromatic carbocycles. The summed E-state index contributed by atoms with van der Waals surface area (Å²) in [5, 5.41) is 3.52. The van der Waals surface area contributed by atoms with Crippen molar-refractivity contribution >= 4 is 17.5 Å². The van der Waals surface area contributed by atoms with Gasteiger partial charge in [0.15, 0.2) is 5.89 Å². The molecule has 1 amide bonds. The van der Waals surface area contributed by atoms with Gasteiger partial charge in [-0.15, -0.1) is 0 Å². The second kappa shape index (κ2) is 7.18. The first-order valence-corrected chi connectivity index (χ1v) is 8.16. The SMILES string of the molecule is Cc1nc(C(C)(C)C)oc1CCCNC(=O)c1ccc(Cl)cc1. The monoisotopic (exact) mass is 334 g/mol. The number of benzene rings is 1. The molecule has 124 valence electrons. The van der Waals surface area contributed by atoms with Crippen LogP contribution in [0.5, 0.6) is 0 Å². The summed E-state index contributed by atoms with van der Waals surface area (Å²) in [6.07, 6.45) is 1.56. The molecule has 0 fully saturated rings. The van der Waals surface area contributed by atoms with E-state index in [4.69, 9.17) is 16.0 Å². The van der Waals surface area contributed by atoms with Gasteiger partial charge in [0.05, 0.1) is 5.69 Å². The summed E-state index contributed by atoms with van der Waals surface area (Å²) < 4.78 is 5.85. The zero-order valence-electron chi connectivity index (χ0n) is 14.1. The van der Waals surface area contributed by atoms with Crippen LogP contribution in [-0.4, -0.2) is 17.4 Å². The molecule has 0 spiro atoms. The molecule has 0 aliphatic rings. The van der Waals surface area contributed by atoms with E-state index in [0.29, 0.717) is 17.1 Å². The van der Waals surface area contributed by atoms with Gasteiger partial charge in [-0.1, -0.05) is 32.4 Å². The number of halogens is 1. The highest BCUT2D eigenvalue weighted by Gasteiger charge is 2.22. The van der Waals surface area contributed by atoms with Crippen LogP contribution < -0.4 is 5.32 Å². The summed E-state index contributed by atoms with van der Waals surface area (Å²) in [5.74, 6) is 1.57. The van der Waals surface area contributed by atoms with E-state index < -0.39 is 0 Å². The lowest BCUT2D eigenvalue weighted by atomic mass is 9.97. The van der Waals surface area contributed by atoms with Crippen molar-refractivity contribution in [2.45, 2.75) is 46.0 Å². The van der Waals surface area contributed by atoms with Crippen LogP contribution >= 0.6 is 11.6 Å². The lowest BCUT2D eigenvalue weighted by molar-refractivity contribution is 0.0953. The molecule has 0 radical (unpaired) electrons. The molecule has 1 N–H and O–H groups in total. The third kappa shape index (κ3) is 4.83. The van der Waals surface area contributed by atoms with Gasteiger partial charge in [-0.05, 0) is 37.6 Å². The summed E-state index contributed by atoms with van der Waals surface area (Å²) in [4.78, 5) is 16.5. The molecule has 5 heteroatoms. The van der Waals surface area contributed by atoms with Gasteiger partial charge in [0.25, 0.3) is 5.91 Å². The third-order valence-corrected chi connectivity index (χ3v) is 3.76. The summed E-state index contributed by atoms with van der Waals surface area (Å²) >= 11 is 5.81. The molecular weight excluding hydrogens is 312 g/mol. The Morgan fingerprint density at radius 2 is 1.91 bits per heavy atom. The second-order valence-electron chi connectivity index (χ2n) is 6.64. The molecule has 0 unspecified atom stereocenters. The maximum atomic E-state index is 12.0. The van der Waals surface area contributed by atoms with Crippen LogP contribution in [0.4, 0.5) is 0 Å². The van der Waals surface area contributed by atoms with Gasteiger partial charge in [-0.2, -0.15) is 0 Å². The molecule has 1 heterocycles. The van der Waals surface area contributed by atoms with Crippen molar-refractivity contribution in [3.8, 4) is 0 Å². The molecule has 0 aliphatic heterocycles. The third-order valence-electron chi connectivity index (χ3n) is 3.51. The molecule has 1 aromatic heterocycles. The van der Waals surface area contributed by atoms with E-state index in [2.05, 4.69) is 31.1 Å². The first-order valence-electron chi connectivity index (χ1n) is 7.78. The number of carbonyl (C=O) groups excluding carboxylic acids is 1. The van der Waals surface area contributed by atoms with Crippen molar-refractivity contribution in [2.24, 2.45) is 0 Å². The number of amides is 1. The summed E-state index contributed by atoms with van der Waals surface area (Å²) in [6.45, 7) is 8.78. The maximum absolute atomic E-state index is 12.0. The van der Waals surface area contributed by atoms with Crippen molar-refractivity contribution in [1.29, 1.82) is 0 Å². The van der Waals surface area contributed by atoms with E-state index in [-0.39, 0.29) is 11.3 Å². The number of hydrogen-bond donors (Lipinski definition) is 1. The van der Waals surface area contributed by atoms with Crippen LogP contribution in [0, 0.1) is 6.92 Å². The van der Waals surface area contributed by atoms with Crippen LogP contribution in [0.15, 0.2) is 28.7 Å². The molecule has 0 atom stereocenters. The van der Waals surface area contributed by atoms with E-state index in [1.807, 2.05) is 6.92 Å². The van der Waals surface area contributed by atoms with Crippen LogP contribution in [-0.2, 0) is 11.8 Å². The number of aromatic nitrogens is 1. The minimum Gasteiger partial charge on any atom is -0.445 e. The Bertz CT molecular complexity index is 669. The van der Waals surface area contributed by atoms with E-state index in [9.17, 15) is 4.79 Å². The largest absolute Gasteiger partial charge is 0.445 e. The molecular formula is C18H23ClN2O2. The van der Waals surface area contributed by atoms with Gasteiger partial charge in [-0.3, -0.25) is 4.79 Å². The summed E-state index contributed by atoms with van der Waals surface area (Å²) in [5.41, 5.74) is 1.45. The smallest absolute Gasteiger partial charge is 0.251 e. The minimum atomic E-state index is -0.0915. The number of oxazole rings is 1. The average molecular weight is 335 g/mol. The van der Waals surface area contributed by atoms with E-state index in [1.54, 1.807) is 24.3 Å². The van der Waals surface area contributed by atoms with Gasteiger partial charge in [-0.25, -0.2) is 4.98 Å². The number of hydrogen-bond acceptors (Lipinski definition) is 3. The molecule has 2 aromatic rings. The first kappa shape index (κ1) is 17.5. The predicted octanol–water partition coefficient (Wildman–Crippen LogP) is 4.30. The Morgan fingerprint density at radius 3 is 2.48 bits per heavy atom. The Balaban J connectivity index is 1.82. The molecule has 2 rings (SSSR count). The Hall–Kier alpha value is -1.81. The zero-order valence-corrected chi connectivity index (χ0v) is 14.8. The second-order valence-corrected chi connectivity index (χ2v) is 7.08. The van der Waals surface area contributed by atoms with E-state index in [1.165, 1.54) is 0 Å². The standard InChI is InChI=1S/C18H23ClN2O2/c1-12-15(23-17(21-12)18(2,3)4)6-5-11-20-16(22)13-7-9-14(19)10-8-13/h7-10H,5-6,11H2,1-4H3,(H,20,22). The first-order chi connectivity index (χ1) is 10.8. The molecule has 0 saturated carbocycles. The Kier molecular flexibility index (Phi) is 5.47. The maximum Gasteiger partial charge on any atom is 0.251 e. The number of rotatable bonds is 5. The molecule has 0 aliphatic carbocycles. The van der Waals surface area contributed by atoms with Crippen LogP contribution in [0.3, 0.4) is 0 Å². The average Bonchev–Trinajstić information content (AvgIpc) is 2.85. The van der Waals surface area contributed by atoms with Crippen molar-refractivity contribution in [3.63, 3.8) is 0 Å². The van der Waals surface area contributed by atoms with Crippen LogP contribution in [0.1, 0.15) is 54.9 Å². The van der Waals surface area contributed by atoms with Crippen molar-refractivity contribution in [3.05, 3.63) is 52.2 Å². The molecule has 0 bridgehead atoms. The van der Waals surface area contributed by atoms with E-state index in [0.717, 1.165) is 30.2 Å². The van der Waals surface area contributed by atoms with Crippen molar-refractivity contribution < 1.29 is 9.21 Å². The van der Waals surface area contributed by atoms with Gasteiger partial charge >= 0.3 is 0 Å². The fraction of sp³-hybridized carbons (Fsp3) is 0.444. The fourth-order valence-electron chi connectivity index (χ4n) is 2.13. The van der Waals surface area contributed by atoms with Gasteiger partial charge in [0.2, 0.25) is 0 Å². The lowest BCUT2D eigenvalue weighted by Crippen LogP contribution is -2.24. The topological polar surface area (TPSA) is 55.1 Å². The highest BCUT2D eigenvalue weighted by atomic mass is 35.5. The normalized spacial score (nSPS) is 11.5. The van der Waals surface area contributed by atoms with E-state index >= 15 is 0 Å². The fourth-order valence-corrected chi connectivity index (χ4v) is 2.26. The highest BCUT2D eigenvalue weighted by molar-refractivity contribution is 6.30. The Labute approximate surface area is 142 Å². The molecule has 4 nitrogen and oxygen atoms in total. The zero-order chi connectivity index (χ0) is 17.0. The summed E-state index contributed by atoms with van der Waals surface area (Å²) in [7, 11) is 0. The number of carbonyl (C=O) groups is 1. The Morgan fingerprint density at radius 1 is 1.26 bits per heavy atom. The van der Waals surface area contributed by atoms with Gasteiger partial charge < -0.3 is 9.73 Å². The number of aryl methyl sites for hydroxylation is 2. The quantitative estimate of drug-likeness (QED) is 0.829. The predicted molar refractivity (Wildman–Crippen MR) is 92.0 cm³/mol. The number of nitrogens with one attached hydrogen (secondary N) is 1. The van der Waals surface area contributed by atoms with Gasteiger partial charge in [0, 0.05) is 29.0 Å². The lowest BCUT2D eigenvalue weighted by Gasteiger charge is -2.12. The van der Waals surface area contributed by atoms with Crippen molar-refractivity contribution in [1.82, 2.24) is 10.3 Å². The molecule has 0 saturated heterocycles. The summed E-state index contributed by atoms with van der Waals surface area (Å²) in [6, 6.07) is 6.85. The van der Waals surface area contributed by atoms with Crippen LogP contribution in [0.2, 0.25) is 5.02 Å².